The van der Waals surface area contributed by atoms with Gasteiger partial charge in [-0.15, -0.1) is 11.3 Å². The zero-order valence-electron chi connectivity index (χ0n) is 13.6. The van der Waals surface area contributed by atoms with Gasteiger partial charge in [0.1, 0.15) is 11.5 Å². The molecule has 0 saturated carbocycles. The van der Waals surface area contributed by atoms with Gasteiger partial charge in [-0.1, -0.05) is 23.8 Å². The van der Waals surface area contributed by atoms with Crippen LogP contribution in [0.3, 0.4) is 0 Å². The average Bonchev–Trinajstić information content (AvgIpc) is 3.18. The molecule has 0 fully saturated rings. The summed E-state index contributed by atoms with van der Waals surface area (Å²) in [7, 11) is 0. The van der Waals surface area contributed by atoms with Gasteiger partial charge in [-0.25, -0.2) is 4.68 Å². The van der Waals surface area contributed by atoms with Gasteiger partial charge in [0.05, 0.1) is 18.0 Å². The number of thiophene rings is 1. The van der Waals surface area contributed by atoms with Crippen LogP contribution in [-0.4, -0.2) is 27.4 Å². The van der Waals surface area contributed by atoms with Crippen molar-refractivity contribution in [2.24, 2.45) is 0 Å². The lowest BCUT2D eigenvalue weighted by Crippen LogP contribution is -2.17. The van der Waals surface area contributed by atoms with Crippen molar-refractivity contribution in [3.05, 3.63) is 58.5 Å². The highest BCUT2D eigenvalue weighted by Crippen LogP contribution is 2.26. The summed E-state index contributed by atoms with van der Waals surface area (Å²) in [6.45, 7) is 4.20. The maximum Gasteiger partial charge on any atom is 0.257 e. The van der Waals surface area contributed by atoms with Crippen molar-refractivity contribution in [1.82, 2.24) is 9.78 Å². The molecule has 2 heterocycles. The second-order valence-corrected chi connectivity index (χ2v) is 6.56. The number of carbonyl (C=O) groups is 1. The third-order valence-electron chi connectivity index (χ3n) is 3.73. The number of aliphatic hydroxyl groups is 1. The number of anilines is 1. The first-order chi connectivity index (χ1) is 11.6. The SMILES string of the molecule is Cc1ccc(C(=O)Nc2cc(-c3cccs3)nn2CCO)c(C)c1. The second kappa shape index (κ2) is 6.98. The highest BCUT2D eigenvalue weighted by molar-refractivity contribution is 7.13. The Kier molecular flexibility index (Phi) is 4.78. The Morgan fingerprint density at radius 3 is 2.79 bits per heavy atom. The molecule has 0 saturated heterocycles. The number of amides is 1. The van der Waals surface area contributed by atoms with E-state index in [9.17, 15) is 9.90 Å². The molecule has 3 aromatic rings. The molecule has 0 unspecified atom stereocenters. The minimum absolute atomic E-state index is 0.0437. The molecule has 0 spiro atoms. The minimum atomic E-state index is -0.177. The Labute approximate surface area is 144 Å². The number of hydrogen-bond donors (Lipinski definition) is 2. The molecular weight excluding hydrogens is 322 g/mol. The smallest absolute Gasteiger partial charge is 0.257 e. The first-order valence-corrected chi connectivity index (χ1v) is 8.57. The van der Waals surface area contributed by atoms with Gasteiger partial charge in [0.15, 0.2) is 0 Å². The molecule has 2 aromatic heterocycles. The Balaban J connectivity index is 1.89. The number of benzene rings is 1. The van der Waals surface area contributed by atoms with Crippen molar-refractivity contribution in [2.45, 2.75) is 20.4 Å². The number of carbonyl (C=O) groups excluding carboxylic acids is 1. The maximum absolute atomic E-state index is 12.6. The largest absolute Gasteiger partial charge is 0.394 e. The fourth-order valence-corrected chi connectivity index (χ4v) is 3.26. The number of rotatable bonds is 5. The molecule has 6 heteroatoms. The monoisotopic (exact) mass is 341 g/mol. The number of nitrogens with one attached hydrogen (secondary N) is 1. The topological polar surface area (TPSA) is 67.2 Å². The fraction of sp³-hybridized carbons (Fsp3) is 0.222. The van der Waals surface area contributed by atoms with Gasteiger partial charge in [0, 0.05) is 11.6 Å². The average molecular weight is 341 g/mol. The van der Waals surface area contributed by atoms with Crippen molar-refractivity contribution in [3.8, 4) is 10.6 Å². The van der Waals surface area contributed by atoms with E-state index in [-0.39, 0.29) is 12.5 Å². The number of aryl methyl sites for hydroxylation is 2. The molecule has 3 rings (SSSR count). The normalized spacial score (nSPS) is 10.8. The molecule has 1 aromatic carbocycles. The predicted molar refractivity (Wildman–Crippen MR) is 96.5 cm³/mol. The lowest BCUT2D eigenvalue weighted by Gasteiger charge is -2.09. The molecule has 0 radical (unpaired) electrons. The summed E-state index contributed by atoms with van der Waals surface area (Å²) < 4.78 is 1.62. The van der Waals surface area contributed by atoms with Gasteiger partial charge in [0.2, 0.25) is 0 Å². The number of hydrogen-bond acceptors (Lipinski definition) is 4. The zero-order chi connectivity index (χ0) is 17.1. The molecule has 0 aliphatic carbocycles. The van der Waals surface area contributed by atoms with Crippen molar-refractivity contribution in [3.63, 3.8) is 0 Å². The second-order valence-electron chi connectivity index (χ2n) is 5.61. The van der Waals surface area contributed by atoms with Gasteiger partial charge in [0.25, 0.3) is 5.91 Å². The van der Waals surface area contributed by atoms with Gasteiger partial charge in [-0.3, -0.25) is 4.79 Å². The summed E-state index contributed by atoms with van der Waals surface area (Å²) >= 11 is 1.58. The standard InChI is InChI=1S/C18H19N3O2S/c1-12-5-6-14(13(2)10-12)18(23)19-17-11-15(16-4-3-9-24-16)20-21(17)7-8-22/h3-6,9-11,22H,7-8H2,1-2H3,(H,19,23). The third-order valence-corrected chi connectivity index (χ3v) is 4.63. The maximum atomic E-state index is 12.6. The van der Waals surface area contributed by atoms with Crippen molar-refractivity contribution >= 4 is 23.1 Å². The van der Waals surface area contributed by atoms with Crippen LogP contribution < -0.4 is 5.32 Å². The van der Waals surface area contributed by atoms with Crippen LogP contribution in [0.25, 0.3) is 10.6 Å². The van der Waals surface area contributed by atoms with Crippen LogP contribution in [-0.2, 0) is 6.54 Å². The molecule has 1 amide bonds. The van der Waals surface area contributed by atoms with Crippen molar-refractivity contribution in [2.75, 3.05) is 11.9 Å². The predicted octanol–water partition coefficient (Wildman–Crippen LogP) is 3.47. The fourth-order valence-electron chi connectivity index (χ4n) is 2.58. The molecule has 124 valence electrons. The molecule has 0 bridgehead atoms. The van der Waals surface area contributed by atoms with Crippen LogP contribution in [0.2, 0.25) is 0 Å². The first kappa shape index (κ1) is 16.4. The summed E-state index contributed by atoms with van der Waals surface area (Å²) in [5.41, 5.74) is 3.47. The number of nitrogens with zero attached hydrogens (tertiary/aromatic N) is 2. The minimum Gasteiger partial charge on any atom is -0.394 e. The summed E-state index contributed by atoms with van der Waals surface area (Å²) in [6.07, 6.45) is 0. The van der Waals surface area contributed by atoms with Crippen LogP contribution in [0.4, 0.5) is 5.82 Å². The number of aromatic nitrogens is 2. The molecule has 2 N–H and O–H groups in total. The third kappa shape index (κ3) is 3.39. The summed E-state index contributed by atoms with van der Waals surface area (Å²) in [5.74, 6) is 0.404. The summed E-state index contributed by atoms with van der Waals surface area (Å²) in [5, 5.41) is 18.6. The quantitative estimate of drug-likeness (QED) is 0.747. The first-order valence-electron chi connectivity index (χ1n) is 7.69. The van der Waals surface area contributed by atoms with Crippen LogP contribution in [0.5, 0.6) is 0 Å². The summed E-state index contributed by atoms with van der Waals surface area (Å²) in [6, 6.07) is 11.5. The molecule has 24 heavy (non-hydrogen) atoms. The van der Waals surface area contributed by atoms with Crippen LogP contribution >= 0.6 is 11.3 Å². The van der Waals surface area contributed by atoms with Crippen LogP contribution in [0.15, 0.2) is 41.8 Å². The Hall–Kier alpha value is -2.44. The van der Waals surface area contributed by atoms with E-state index in [0.29, 0.717) is 17.9 Å². The van der Waals surface area contributed by atoms with Gasteiger partial charge < -0.3 is 10.4 Å². The van der Waals surface area contributed by atoms with Crippen LogP contribution in [0.1, 0.15) is 21.5 Å². The van der Waals surface area contributed by atoms with E-state index in [0.717, 1.165) is 21.7 Å². The molecule has 0 atom stereocenters. The highest BCUT2D eigenvalue weighted by atomic mass is 32.1. The van der Waals surface area contributed by atoms with E-state index in [4.69, 9.17) is 0 Å². The zero-order valence-corrected chi connectivity index (χ0v) is 14.4. The Morgan fingerprint density at radius 1 is 1.29 bits per heavy atom. The highest BCUT2D eigenvalue weighted by Gasteiger charge is 2.15. The molecule has 5 nitrogen and oxygen atoms in total. The lowest BCUT2D eigenvalue weighted by molar-refractivity contribution is 0.102. The van der Waals surface area contributed by atoms with Crippen molar-refractivity contribution in [1.29, 1.82) is 0 Å². The van der Waals surface area contributed by atoms with E-state index < -0.39 is 0 Å². The van der Waals surface area contributed by atoms with Gasteiger partial charge in [-0.05, 0) is 36.9 Å². The lowest BCUT2D eigenvalue weighted by atomic mass is 10.1. The Morgan fingerprint density at radius 2 is 2.12 bits per heavy atom. The van der Waals surface area contributed by atoms with E-state index in [1.54, 1.807) is 16.0 Å². The van der Waals surface area contributed by atoms with Gasteiger partial charge >= 0.3 is 0 Å². The summed E-state index contributed by atoms with van der Waals surface area (Å²) in [4.78, 5) is 13.6. The molecule has 0 aliphatic rings. The van der Waals surface area contributed by atoms with Crippen molar-refractivity contribution < 1.29 is 9.90 Å². The Bertz CT molecular complexity index is 853. The number of aliphatic hydroxyl groups excluding tert-OH is 1. The van der Waals surface area contributed by atoms with Crippen LogP contribution in [0, 0.1) is 13.8 Å². The van der Waals surface area contributed by atoms with Gasteiger partial charge in [-0.2, -0.15) is 5.10 Å². The molecular formula is C18H19N3O2S. The van der Waals surface area contributed by atoms with E-state index in [1.165, 1.54) is 0 Å². The molecule has 0 aliphatic heterocycles. The van der Waals surface area contributed by atoms with E-state index >= 15 is 0 Å². The van der Waals surface area contributed by atoms with E-state index in [2.05, 4.69) is 10.4 Å². The van der Waals surface area contributed by atoms with E-state index in [1.807, 2.05) is 55.6 Å².